The summed E-state index contributed by atoms with van der Waals surface area (Å²) < 4.78 is 1.71. The number of piperidine rings is 1. The summed E-state index contributed by atoms with van der Waals surface area (Å²) in [5.41, 5.74) is 2.00. The highest BCUT2D eigenvalue weighted by molar-refractivity contribution is 5.74. The Morgan fingerprint density at radius 3 is 2.67 bits per heavy atom. The number of likely N-dealkylation sites (tertiary alicyclic amines) is 1. The third kappa shape index (κ3) is 5.79. The van der Waals surface area contributed by atoms with Crippen LogP contribution in [0.4, 0.5) is 4.79 Å². The molecule has 0 radical (unpaired) electrons. The lowest BCUT2D eigenvalue weighted by molar-refractivity contribution is 0.190. The van der Waals surface area contributed by atoms with Crippen molar-refractivity contribution in [2.45, 2.75) is 39.2 Å². The number of nitrogens with one attached hydrogen (secondary N) is 2. The maximum Gasteiger partial charge on any atom is 0.315 e. The molecule has 7 heteroatoms. The van der Waals surface area contributed by atoms with E-state index in [-0.39, 0.29) is 12.1 Å². The summed E-state index contributed by atoms with van der Waals surface area (Å²) in [5, 5.41) is 10.1. The van der Waals surface area contributed by atoms with E-state index < -0.39 is 0 Å². The Morgan fingerprint density at radius 2 is 2.00 bits per heavy atom. The molecule has 0 saturated carbocycles. The Labute approximate surface area is 161 Å². The normalized spacial score (nSPS) is 16.8. The number of amides is 2. The molecular formula is C20H30N6O. The first kappa shape index (κ1) is 19.4. The van der Waals surface area contributed by atoms with E-state index in [1.54, 1.807) is 11.0 Å². The third-order valence-corrected chi connectivity index (χ3v) is 5.24. The monoisotopic (exact) mass is 370 g/mol. The highest BCUT2D eigenvalue weighted by Gasteiger charge is 2.15. The molecule has 1 aromatic carbocycles. The Kier molecular flexibility index (Phi) is 6.81. The average Bonchev–Trinajstić information content (AvgIpc) is 3.21. The molecule has 146 valence electrons. The minimum absolute atomic E-state index is 0.0571. The summed E-state index contributed by atoms with van der Waals surface area (Å²) in [7, 11) is 0. The highest BCUT2D eigenvalue weighted by Crippen LogP contribution is 2.16. The Balaban J connectivity index is 1.36. The molecule has 2 N–H and O–H groups in total. The molecule has 2 amide bonds. The van der Waals surface area contributed by atoms with Crippen LogP contribution in [0.15, 0.2) is 36.9 Å². The molecule has 1 atom stereocenters. The lowest BCUT2D eigenvalue weighted by Gasteiger charge is -2.30. The van der Waals surface area contributed by atoms with Crippen LogP contribution in [0.25, 0.3) is 5.69 Å². The van der Waals surface area contributed by atoms with Crippen molar-refractivity contribution < 1.29 is 4.79 Å². The van der Waals surface area contributed by atoms with Gasteiger partial charge in [-0.1, -0.05) is 19.1 Å². The molecule has 0 aliphatic carbocycles. The van der Waals surface area contributed by atoms with E-state index in [1.165, 1.54) is 32.3 Å². The zero-order valence-electron chi connectivity index (χ0n) is 16.3. The summed E-state index contributed by atoms with van der Waals surface area (Å²) in [6.07, 6.45) is 6.74. The number of hydrogen-bond acceptors (Lipinski definition) is 4. The smallest absolute Gasteiger partial charge is 0.315 e. The van der Waals surface area contributed by atoms with Gasteiger partial charge in [0.1, 0.15) is 12.7 Å². The molecule has 27 heavy (non-hydrogen) atoms. The number of rotatable bonds is 7. The Hall–Kier alpha value is -2.41. The molecule has 0 bridgehead atoms. The fourth-order valence-electron chi connectivity index (χ4n) is 3.38. The summed E-state index contributed by atoms with van der Waals surface area (Å²) in [6.45, 7) is 8.46. The molecule has 1 unspecified atom stereocenters. The van der Waals surface area contributed by atoms with Gasteiger partial charge in [-0.25, -0.2) is 14.5 Å². The highest BCUT2D eigenvalue weighted by atomic mass is 16.2. The van der Waals surface area contributed by atoms with Crippen LogP contribution in [0.1, 0.15) is 44.7 Å². The lowest BCUT2D eigenvalue weighted by Crippen LogP contribution is -2.39. The first-order valence-corrected chi connectivity index (χ1v) is 9.83. The molecule has 1 fully saturated rings. The minimum atomic E-state index is -0.116. The van der Waals surface area contributed by atoms with Crippen LogP contribution < -0.4 is 10.6 Å². The van der Waals surface area contributed by atoms with Gasteiger partial charge in [-0.05, 0) is 69.4 Å². The molecule has 1 aliphatic heterocycles. The van der Waals surface area contributed by atoms with Crippen LogP contribution in [0.3, 0.4) is 0 Å². The molecule has 7 nitrogen and oxygen atoms in total. The van der Waals surface area contributed by atoms with E-state index in [2.05, 4.69) is 32.5 Å². The lowest BCUT2D eigenvalue weighted by atomic mass is 9.99. The standard InChI is InChI=1S/C20H30N6O/c1-16-8-12-25(13-9-16)11-3-10-22-20(27)24-17(2)18-4-6-19(7-5-18)26-15-21-14-23-26/h4-7,14-17H,3,8-13H2,1-2H3,(H2,22,24,27). The summed E-state index contributed by atoms with van der Waals surface area (Å²) in [5.74, 6) is 0.858. The van der Waals surface area contributed by atoms with E-state index in [0.717, 1.165) is 30.1 Å². The topological polar surface area (TPSA) is 75.1 Å². The van der Waals surface area contributed by atoms with Crippen molar-refractivity contribution in [3.05, 3.63) is 42.5 Å². The second-order valence-corrected chi connectivity index (χ2v) is 7.43. The van der Waals surface area contributed by atoms with E-state index in [0.29, 0.717) is 6.54 Å². The van der Waals surface area contributed by atoms with Crippen molar-refractivity contribution in [2.75, 3.05) is 26.2 Å². The predicted molar refractivity (Wildman–Crippen MR) is 106 cm³/mol. The van der Waals surface area contributed by atoms with E-state index >= 15 is 0 Å². The van der Waals surface area contributed by atoms with Crippen molar-refractivity contribution in [1.29, 1.82) is 0 Å². The predicted octanol–water partition coefficient (Wildman–Crippen LogP) is 2.75. The zero-order chi connectivity index (χ0) is 19.1. The van der Waals surface area contributed by atoms with Gasteiger partial charge in [0.05, 0.1) is 11.7 Å². The van der Waals surface area contributed by atoms with Gasteiger partial charge in [-0.15, -0.1) is 0 Å². The molecule has 1 aliphatic rings. The van der Waals surface area contributed by atoms with Crippen molar-refractivity contribution in [2.24, 2.45) is 5.92 Å². The summed E-state index contributed by atoms with van der Waals surface area (Å²) in [6, 6.07) is 7.77. The van der Waals surface area contributed by atoms with Crippen molar-refractivity contribution in [3.8, 4) is 5.69 Å². The zero-order valence-corrected chi connectivity index (χ0v) is 16.3. The number of carbonyl (C=O) groups excluding carboxylic acids is 1. The average molecular weight is 371 g/mol. The third-order valence-electron chi connectivity index (χ3n) is 5.24. The fraction of sp³-hybridized carbons (Fsp3) is 0.550. The molecule has 0 spiro atoms. The van der Waals surface area contributed by atoms with Crippen molar-refractivity contribution >= 4 is 6.03 Å². The molecule has 1 saturated heterocycles. The van der Waals surface area contributed by atoms with E-state index in [4.69, 9.17) is 0 Å². The quantitative estimate of drug-likeness (QED) is 0.735. The van der Waals surface area contributed by atoms with Gasteiger partial charge in [0.25, 0.3) is 0 Å². The molecule has 3 rings (SSSR count). The van der Waals surface area contributed by atoms with Gasteiger partial charge in [-0.2, -0.15) is 5.10 Å². The number of hydrogen-bond donors (Lipinski definition) is 2. The Morgan fingerprint density at radius 1 is 1.26 bits per heavy atom. The molecule has 2 aromatic rings. The first-order chi connectivity index (χ1) is 13.1. The molecular weight excluding hydrogens is 340 g/mol. The van der Waals surface area contributed by atoms with Crippen LogP contribution in [-0.4, -0.2) is 51.9 Å². The number of nitrogens with zero attached hydrogens (tertiary/aromatic N) is 4. The van der Waals surface area contributed by atoms with Crippen LogP contribution >= 0.6 is 0 Å². The second kappa shape index (κ2) is 9.50. The van der Waals surface area contributed by atoms with Gasteiger partial charge >= 0.3 is 6.03 Å². The van der Waals surface area contributed by atoms with Gasteiger partial charge in [0.15, 0.2) is 0 Å². The number of benzene rings is 1. The van der Waals surface area contributed by atoms with Crippen molar-refractivity contribution in [1.82, 2.24) is 30.3 Å². The van der Waals surface area contributed by atoms with Crippen molar-refractivity contribution in [3.63, 3.8) is 0 Å². The Bertz CT molecular complexity index is 692. The number of aromatic nitrogens is 3. The summed E-state index contributed by atoms with van der Waals surface area (Å²) in [4.78, 5) is 18.6. The largest absolute Gasteiger partial charge is 0.338 e. The maximum atomic E-state index is 12.1. The van der Waals surface area contributed by atoms with E-state index in [1.807, 2.05) is 31.2 Å². The van der Waals surface area contributed by atoms with E-state index in [9.17, 15) is 4.79 Å². The van der Waals surface area contributed by atoms with Gasteiger partial charge in [0.2, 0.25) is 0 Å². The maximum absolute atomic E-state index is 12.1. The van der Waals surface area contributed by atoms with Gasteiger partial charge < -0.3 is 15.5 Å². The van der Waals surface area contributed by atoms with Crippen LogP contribution in [0.5, 0.6) is 0 Å². The van der Waals surface area contributed by atoms with Crippen LogP contribution in [-0.2, 0) is 0 Å². The molecule has 2 heterocycles. The summed E-state index contributed by atoms with van der Waals surface area (Å²) >= 11 is 0. The minimum Gasteiger partial charge on any atom is -0.338 e. The van der Waals surface area contributed by atoms with Crippen LogP contribution in [0.2, 0.25) is 0 Å². The number of carbonyl (C=O) groups is 1. The van der Waals surface area contributed by atoms with Crippen LogP contribution in [0, 0.1) is 5.92 Å². The van der Waals surface area contributed by atoms with Gasteiger partial charge in [-0.3, -0.25) is 0 Å². The fourth-order valence-corrected chi connectivity index (χ4v) is 3.38. The first-order valence-electron chi connectivity index (χ1n) is 9.83. The van der Waals surface area contributed by atoms with Gasteiger partial charge in [0, 0.05) is 6.54 Å². The second-order valence-electron chi connectivity index (χ2n) is 7.43. The SMILES string of the molecule is CC1CCN(CCCNC(=O)NC(C)c2ccc(-n3cncn3)cc2)CC1. The number of urea groups is 1. The molecule has 1 aromatic heterocycles.